The number of carbonyl (C=O) groups is 2. The lowest BCUT2D eigenvalue weighted by Crippen LogP contribution is -2.40. The highest BCUT2D eigenvalue weighted by Crippen LogP contribution is 2.31. The van der Waals surface area contributed by atoms with Crippen LogP contribution in [0.1, 0.15) is 41.5 Å². The van der Waals surface area contributed by atoms with E-state index < -0.39 is 17.8 Å². The molecule has 36 heavy (non-hydrogen) atoms. The zero-order valence-corrected chi connectivity index (χ0v) is 20.1. The van der Waals surface area contributed by atoms with Crippen LogP contribution in [0.5, 0.6) is 5.88 Å². The van der Waals surface area contributed by atoms with Gasteiger partial charge in [0.15, 0.2) is 5.69 Å². The zero-order chi connectivity index (χ0) is 25.9. The van der Waals surface area contributed by atoms with Gasteiger partial charge in [-0.3, -0.25) is 14.6 Å². The Kier molecular flexibility index (Phi) is 7.33. The number of nitrogens with zero attached hydrogens (tertiary/aromatic N) is 5. The molecule has 0 atom stereocenters. The number of hydrogen-bond donors (Lipinski definition) is 2. The summed E-state index contributed by atoms with van der Waals surface area (Å²) in [4.78, 5) is 37.4. The summed E-state index contributed by atoms with van der Waals surface area (Å²) in [5.41, 5.74) is -0.201. The van der Waals surface area contributed by atoms with Crippen LogP contribution in [0.15, 0.2) is 30.7 Å². The smallest absolute Gasteiger partial charge is 0.434 e. The Balaban J connectivity index is 1.39. The standard InChI is InChI=1S/C22H22F3N7O3S/c1-12-19(21(36-31-12)30-17-11-26-10-16(29-17)22(23,24)25)20(34)28-14-3-4-18(27-9-14)35-15-5-7-32(8-6-15)13(2)33/h3-4,9-11,15H,5-8H2,1-2H3,(H,28,34)(H,29,30). The van der Waals surface area contributed by atoms with Crippen LogP contribution in [-0.4, -0.2) is 55.2 Å². The van der Waals surface area contributed by atoms with Gasteiger partial charge in [0, 0.05) is 38.9 Å². The van der Waals surface area contributed by atoms with Gasteiger partial charge in [0.2, 0.25) is 11.8 Å². The number of piperidine rings is 1. The van der Waals surface area contributed by atoms with Crippen molar-refractivity contribution >= 4 is 39.9 Å². The lowest BCUT2D eigenvalue weighted by Gasteiger charge is -2.31. The first-order valence-electron chi connectivity index (χ1n) is 10.9. The molecule has 0 spiro atoms. The number of carbonyl (C=O) groups excluding carboxylic acids is 2. The summed E-state index contributed by atoms with van der Waals surface area (Å²) in [7, 11) is 0. The van der Waals surface area contributed by atoms with Crippen LogP contribution in [0.25, 0.3) is 0 Å². The Labute approximate surface area is 208 Å². The lowest BCUT2D eigenvalue weighted by molar-refractivity contribution is -0.141. The van der Waals surface area contributed by atoms with E-state index in [9.17, 15) is 22.8 Å². The maximum atomic E-state index is 12.9. The minimum Gasteiger partial charge on any atom is -0.474 e. The molecule has 14 heteroatoms. The molecule has 3 aromatic heterocycles. The largest absolute Gasteiger partial charge is 0.474 e. The number of likely N-dealkylation sites (tertiary alicyclic amines) is 1. The predicted octanol–water partition coefficient (Wildman–Crippen LogP) is 4.04. The number of nitrogens with one attached hydrogen (secondary N) is 2. The second-order valence-corrected chi connectivity index (χ2v) is 8.82. The number of halogens is 3. The van der Waals surface area contributed by atoms with E-state index in [0.717, 1.165) is 17.7 Å². The monoisotopic (exact) mass is 521 g/mol. The van der Waals surface area contributed by atoms with E-state index in [0.29, 0.717) is 49.4 Å². The van der Waals surface area contributed by atoms with Gasteiger partial charge in [-0.2, -0.15) is 17.5 Å². The van der Waals surface area contributed by atoms with Crippen molar-refractivity contribution in [3.63, 3.8) is 0 Å². The SMILES string of the molecule is CC(=O)N1CCC(Oc2ccc(NC(=O)c3c(C)nsc3Nc3cncc(C(F)(F)F)n3)cn2)CC1. The van der Waals surface area contributed by atoms with E-state index in [1.165, 1.54) is 6.20 Å². The Hall–Kier alpha value is -3.81. The van der Waals surface area contributed by atoms with Crippen molar-refractivity contribution in [2.75, 3.05) is 23.7 Å². The van der Waals surface area contributed by atoms with Crippen LogP contribution in [0.2, 0.25) is 0 Å². The summed E-state index contributed by atoms with van der Waals surface area (Å²) in [5.74, 6) is -0.243. The van der Waals surface area contributed by atoms with Crippen LogP contribution in [-0.2, 0) is 11.0 Å². The molecule has 0 unspecified atom stereocenters. The Morgan fingerprint density at radius 2 is 1.92 bits per heavy atom. The van der Waals surface area contributed by atoms with Gasteiger partial charge in [-0.1, -0.05) is 0 Å². The highest BCUT2D eigenvalue weighted by Gasteiger charge is 2.33. The van der Waals surface area contributed by atoms with E-state index >= 15 is 0 Å². The summed E-state index contributed by atoms with van der Waals surface area (Å²) in [6.07, 6.45) is -0.112. The number of ether oxygens (including phenoxy) is 1. The van der Waals surface area contributed by atoms with Crippen LogP contribution in [0, 0.1) is 6.92 Å². The molecule has 4 rings (SSSR count). The first kappa shape index (κ1) is 25.3. The van der Waals surface area contributed by atoms with Crippen molar-refractivity contribution in [1.29, 1.82) is 0 Å². The second kappa shape index (κ2) is 10.4. The molecule has 0 aliphatic carbocycles. The normalized spacial score (nSPS) is 14.4. The van der Waals surface area contributed by atoms with Crippen molar-refractivity contribution in [2.24, 2.45) is 0 Å². The van der Waals surface area contributed by atoms with Gasteiger partial charge in [-0.05, 0) is 24.5 Å². The molecule has 0 aromatic carbocycles. The second-order valence-electron chi connectivity index (χ2n) is 8.05. The Morgan fingerprint density at radius 3 is 2.56 bits per heavy atom. The maximum absolute atomic E-state index is 12.9. The van der Waals surface area contributed by atoms with Crippen molar-refractivity contribution in [2.45, 2.75) is 39.0 Å². The quantitative estimate of drug-likeness (QED) is 0.499. The fourth-order valence-corrected chi connectivity index (χ4v) is 4.38. The van der Waals surface area contributed by atoms with Gasteiger partial charge in [0.25, 0.3) is 5.91 Å². The molecule has 1 aliphatic heterocycles. The molecule has 1 aliphatic rings. The van der Waals surface area contributed by atoms with E-state index in [2.05, 4.69) is 30.0 Å². The third kappa shape index (κ3) is 6.05. The summed E-state index contributed by atoms with van der Waals surface area (Å²) < 4.78 is 48.8. The number of rotatable bonds is 6. The van der Waals surface area contributed by atoms with Crippen LogP contribution < -0.4 is 15.4 Å². The minimum atomic E-state index is -4.65. The predicted molar refractivity (Wildman–Crippen MR) is 125 cm³/mol. The molecular formula is C22H22F3N7O3S. The highest BCUT2D eigenvalue weighted by molar-refractivity contribution is 7.10. The molecule has 2 N–H and O–H groups in total. The van der Waals surface area contributed by atoms with Crippen LogP contribution in [0.3, 0.4) is 0 Å². The molecule has 190 valence electrons. The topological polar surface area (TPSA) is 122 Å². The number of alkyl halides is 3. The number of hydrogen-bond acceptors (Lipinski definition) is 9. The summed E-state index contributed by atoms with van der Waals surface area (Å²) >= 11 is 0.916. The van der Waals surface area contributed by atoms with Gasteiger partial charge < -0.3 is 20.3 Å². The van der Waals surface area contributed by atoms with Gasteiger partial charge in [-0.15, -0.1) is 0 Å². The van der Waals surface area contributed by atoms with Gasteiger partial charge in [-0.25, -0.2) is 9.97 Å². The van der Waals surface area contributed by atoms with Crippen molar-refractivity contribution in [3.05, 3.63) is 47.7 Å². The molecule has 10 nitrogen and oxygen atoms in total. The maximum Gasteiger partial charge on any atom is 0.434 e. The van der Waals surface area contributed by atoms with Gasteiger partial charge in [0.1, 0.15) is 16.9 Å². The van der Waals surface area contributed by atoms with Crippen LogP contribution >= 0.6 is 11.5 Å². The molecule has 2 amide bonds. The Bertz CT molecular complexity index is 1240. The summed E-state index contributed by atoms with van der Waals surface area (Å²) in [6, 6.07) is 3.26. The lowest BCUT2D eigenvalue weighted by atomic mass is 10.1. The molecule has 3 aromatic rings. The Morgan fingerprint density at radius 1 is 1.17 bits per heavy atom. The number of amides is 2. The molecule has 4 heterocycles. The minimum absolute atomic E-state index is 0.0452. The molecule has 0 bridgehead atoms. The van der Waals surface area contributed by atoms with Crippen molar-refractivity contribution in [1.82, 2.24) is 24.2 Å². The third-order valence-electron chi connectivity index (χ3n) is 5.43. The highest BCUT2D eigenvalue weighted by atomic mass is 32.1. The van der Waals surface area contributed by atoms with E-state index in [1.807, 2.05) is 0 Å². The fourth-order valence-electron chi connectivity index (χ4n) is 3.58. The number of pyridine rings is 1. The zero-order valence-electron chi connectivity index (χ0n) is 19.3. The third-order valence-corrected chi connectivity index (χ3v) is 6.28. The molecule has 0 saturated carbocycles. The van der Waals surface area contributed by atoms with E-state index in [1.54, 1.807) is 30.9 Å². The van der Waals surface area contributed by atoms with E-state index in [-0.39, 0.29) is 28.4 Å². The molecule has 1 saturated heterocycles. The average Bonchev–Trinajstić information content (AvgIpc) is 3.20. The number of anilines is 3. The molecule has 1 fully saturated rings. The van der Waals surface area contributed by atoms with Gasteiger partial charge in [0.05, 0.1) is 35.5 Å². The van der Waals surface area contributed by atoms with Crippen molar-refractivity contribution < 1.29 is 27.5 Å². The molecular weight excluding hydrogens is 499 g/mol. The first-order valence-corrected chi connectivity index (χ1v) is 11.7. The number of aromatic nitrogens is 4. The van der Waals surface area contributed by atoms with Crippen LogP contribution in [0.4, 0.5) is 29.7 Å². The summed E-state index contributed by atoms with van der Waals surface area (Å²) in [6.45, 7) is 4.41. The van der Waals surface area contributed by atoms with Gasteiger partial charge >= 0.3 is 6.18 Å². The number of aryl methyl sites for hydroxylation is 1. The van der Waals surface area contributed by atoms with E-state index in [4.69, 9.17) is 4.74 Å². The first-order chi connectivity index (χ1) is 17.1. The van der Waals surface area contributed by atoms with Crippen molar-refractivity contribution in [3.8, 4) is 5.88 Å². The fraction of sp³-hybridized carbons (Fsp3) is 0.364. The average molecular weight is 522 g/mol. The summed E-state index contributed by atoms with van der Waals surface area (Å²) in [5, 5.41) is 5.63. The molecule has 0 radical (unpaired) electrons.